The SMILES string of the molecule is Nc1c(Br)cc(Br)cc1N=O. The molecule has 2 N–H and O–H groups in total. The van der Waals surface area contributed by atoms with Crippen molar-refractivity contribution in [1.82, 2.24) is 0 Å². The van der Waals surface area contributed by atoms with Gasteiger partial charge in [-0.3, -0.25) is 0 Å². The second-order valence-electron chi connectivity index (χ2n) is 1.91. The van der Waals surface area contributed by atoms with Crippen molar-refractivity contribution >= 4 is 43.2 Å². The Morgan fingerprint density at radius 1 is 1.36 bits per heavy atom. The maximum absolute atomic E-state index is 10.2. The highest BCUT2D eigenvalue weighted by Gasteiger charge is 2.04. The lowest BCUT2D eigenvalue weighted by atomic mass is 10.3. The molecule has 1 rings (SSSR count). The van der Waals surface area contributed by atoms with E-state index in [1.165, 1.54) is 0 Å². The molecule has 3 nitrogen and oxygen atoms in total. The number of anilines is 1. The van der Waals surface area contributed by atoms with Crippen LogP contribution < -0.4 is 5.73 Å². The van der Waals surface area contributed by atoms with Crippen LogP contribution in [0.15, 0.2) is 26.3 Å². The van der Waals surface area contributed by atoms with E-state index in [1.807, 2.05) is 0 Å². The molecule has 0 aliphatic heterocycles. The molecule has 0 unspecified atom stereocenters. The first kappa shape index (κ1) is 8.67. The van der Waals surface area contributed by atoms with E-state index in [0.29, 0.717) is 10.2 Å². The molecule has 1 aromatic rings. The molecule has 0 aromatic heterocycles. The summed E-state index contributed by atoms with van der Waals surface area (Å²) in [6.07, 6.45) is 0. The Hall–Kier alpha value is -0.420. The molecule has 0 heterocycles. The third-order valence-corrected chi connectivity index (χ3v) is 2.28. The smallest absolute Gasteiger partial charge is 0.133 e. The first-order valence-electron chi connectivity index (χ1n) is 2.73. The molecule has 0 amide bonds. The van der Waals surface area contributed by atoms with Crippen LogP contribution >= 0.6 is 31.9 Å². The lowest BCUT2D eigenvalue weighted by molar-refractivity contribution is 1.46. The highest BCUT2D eigenvalue weighted by molar-refractivity contribution is 9.11. The van der Waals surface area contributed by atoms with Crippen LogP contribution in [0, 0.1) is 4.91 Å². The van der Waals surface area contributed by atoms with Crippen molar-refractivity contribution in [3.8, 4) is 0 Å². The highest BCUT2D eigenvalue weighted by atomic mass is 79.9. The number of rotatable bonds is 1. The van der Waals surface area contributed by atoms with Gasteiger partial charge >= 0.3 is 0 Å². The Kier molecular flexibility index (Phi) is 2.62. The number of halogens is 2. The second kappa shape index (κ2) is 3.32. The lowest BCUT2D eigenvalue weighted by Gasteiger charge is -2.00. The number of hydrogen-bond acceptors (Lipinski definition) is 3. The minimum absolute atomic E-state index is 0.242. The van der Waals surface area contributed by atoms with Crippen molar-refractivity contribution in [2.45, 2.75) is 0 Å². The fraction of sp³-hybridized carbons (Fsp3) is 0. The van der Waals surface area contributed by atoms with Gasteiger partial charge in [0.2, 0.25) is 0 Å². The third-order valence-electron chi connectivity index (χ3n) is 1.17. The van der Waals surface area contributed by atoms with E-state index in [2.05, 4.69) is 37.0 Å². The van der Waals surface area contributed by atoms with Gasteiger partial charge in [-0.25, -0.2) is 0 Å². The Morgan fingerprint density at radius 2 is 2.00 bits per heavy atom. The average Bonchev–Trinajstić information content (AvgIpc) is 1.96. The first-order chi connectivity index (χ1) is 5.15. The Morgan fingerprint density at radius 3 is 2.55 bits per heavy atom. The molecule has 11 heavy (non-hydrogen) atoms. The van der Waals surface area contributed by atoms with Gasteiger partial charge in [0.15, 0.2) is 0 Å². The molecule has 0 bridgehead atoms. The van der Waals surface area contributed by atoms with Crippen LogP contribution in [0.3, 0.4) is 0 Å². The quantitative estimate of drug-likeness (QED) is 0.634. The molecule has 1 aromatic carbocycles. The van der Waals surface area contributed by atoms with E-state index in [-0.39, 0.29) is 5.69 Å². The largest absolute Gasteiger partial charge is 0.396 e. The molecule has 0 radical (unpaired) electrons. The monoisotopic (exact) mass is 278 g/mol. The predicted octanol–water partition coefficient (Wildman–Crippen LogP) is 3.19. The Balaban J connectivity index is 3.35. The first-order valence-corrected chi connectivity index (χ1v) is 4.31. The Bertz CT molecular complexity index is 301. The van der Waals surface area contributed by atoms with E-state index in [1.54, 1.807) is 12.1 Å². The van der Waals surface area contributed by atoms with Gasteiger partial charge in [0.25, 0.3) is 0 Å². The molecule has 0 saturated carbocycles. The van der Waals surface area contributed by atoms with E-state index in [0.717, 1.165) is 4.47 Å². The van der Waals surface area contributed by atoms with Gasteiger partial charge in [-0.2, -0.15) is 0 Å². The number of hydrogen-bond donors (Lipinski definition) is 1. The van der Waals surface area contributed by atoms with E-state index in [9.17, 15) is 4.91 Å². The summed E-state index contributed by atoms with van der Waals surface area (Å²) in [5.74, 6) is 0. The predicted molar refractivity (Wildman–Crippen MR) is 51.7 cm³/mol. The van der Waals surface area contributed by atoms with Crippen molar-refractivity contribution in [2.75, 3.05) is 5.73 Å². The molecule has 0 saturated heterocycles. The number of nitroso groups, excluding NO2 is 1. The minimum Gasteiger partial charge on any atom is -0.396 e. The van der Waals surface area contributed by atoms with Crippen molar-refractivity contribution in [2.24, 2.45) is 5.18 Å². The molecular weight excluding hydrogens is 276 g/mol. The van der Waals surface area contributed by atoms with Gasteiger partial charge in [0, 0.05) is 8.95 Å². The topological polar surface area (TPSA) is 55.4 Å². The maximum Gasteiger partial charge on any atom is 0.133 e. The normalized spacial score (nSPS) is 9.64. The molecule has 58 valence electrons. The zero-order valence-electron chi connectivity index (χ0n) is 5.34. The number of benzene rings is 1. The molecule has 0 fully saturated rings. The maximum atomic E-state index is 10.2. The molecule has 0 atom stereocenters. The van der Waals surface area contributed by atoms with E-state index < -0.39 is 0 Å². The summed E-state index contributed by atoms with van der Waals surface area (Å²) >= 11 is 6.39. The number of nitrogens with two attached hydrogens (primary N) is 1. The van der Waals surface area contributed by atoms with E-state index in [4.69, 9.17) is 5.73 Å². The van der Waals surface area contributed by atoms with Crippen molar-refractivity contribution in [3.05, 3.63) is 26.0 Å². The van der Waals surface area contributed by atoms with E-state index >= 15 is 0 Å². The van der Waals surface area contributed by atoms with Crippen LogP contribution in [0.4, 0.5) is 11.4 Å². The van der Waals surface area contributed by atoms with Gasteiger partial charge in [0.05, 0.1) is 5.69 Å². The van der Waals surface area contributed by atoms with Crippen molar-refractivity contribution in [1.29, 1.82) is 0 Å². The summed E-state index contributed by atoms with van der Waals surface area (Å²) in [4.78, 5) is 10.2. The van der Waals surface area contributed by atoms with Gasteiger partial charge in [0.1, 0.15) is 5.69 Å². The van der Waals surface area contributed by atoms with Crippen LogP contribution in [-0.2, 0) is 0 Å². The van der Waals surface area contributed by atoms with Gasteiger partial charge in [-0.1, -0.05) is 15.9 Å². The van der Waals surface area contributed by atoms with Crippen LogP contribution in [0.1, 0.15) is 0 Å². The standard InChI is InChI=1S/C6H4Br2N2O/c7-3-1-4(8)6(9)5(2-3)10-11/h1-2H,9H2. The Labute approximate surface area is 80.2 Å². The van der Waals surface area contributed by atoms with Crippen molar-refractivity contribution < 1.29 is 0 Å². The van der Waals surface area contributed by atoms with Crippen molar-refractivity contribution in [3.63, 3.8) is 0 Å². The van der Waals surface area contributed by atoms with Gasteiger partial charge in [-0.05, 0) is 33.2 Å². The van der Waals surface area contributed by atoms with Crippen LogP contribution in [0.25, 0.3) is 0 Å². The average molecular weight is 280 g/mol. The van der Waals surface area contributed by atoms with Gasteiger partial charge < -0.3 is 5.73 Å². The molecule has 0 spiro atoms. The fourth-order valence-electron chi connectivity index (χ4n) is 0.647. The molecular formula is C6H4Br2N2O. The molecule has 0 aliphatic carbocycles. The summed E-state index contributed by atoms with van der Waals surface area (Å²) in [5, 5.41) is 2.76. The van der Waals surface area contributed by atoms with Gasteiger partial charge in [-0.15, -0.1) is 4.91 Å². The van der Waals surface area contributed by atoms with Crippen LogP contribution in [-0.4, -0.2) is 0 Å². The third kappa shape index (κ3) is 1.78. The summed E-state index contributed by atoms with van der Waals surface area (Å²) in [5.41, 5.74) is 6.11. The van der Waals surface area contributed by atoms with Crippen LogP contribution in [0.2, 0.25) is 0 Å². The number of nitrogen functional groups attached to an aromatic ring is 1. The second-order valence-corrected chi connectivity index (χ2v) is 3.68. The molecule has 5 heteroatoms. The summed E-state index contributed by atoms with van der Waals surface area (Å²) < 4.78 is 1.44. The highest BCUT2D eigenvalue weighted by Crippen LogP contribution is 2.33. The fourth-order valence-corrected chi connectivity index (χ4v) is 1.85. The summed E-state index contributed by atoms with van der Waals surface area (Å²) in [6.45, 7) is 0. The zero-order chi connectivity index (χ0) is 8.43. The molecule has 0 aliphatic rings. The zero-order valence-corrected chi connectivity index (χ0v) is 8.52. The summed E-state index contributed by atoms with van der Waals surface area (Å²) in [6, 6.07) is 3.32. The van der Waals surface area contributed by atoms with Crippen LogP contribution in [0.5, 0.6) is 0 Å². The minimum atomic E-state index is 0.242. The number of nitrogens with zero attached hydrogens (tertiary/aromatic N) is 1. The summed E-state index contributed by atoms with van der Waals surface area (Å²) in [7, 11) is 0. The lowest BCUT2D eigenvalue weighted by Crippen LogP contribution is -1.86.